The summed E-state index contributed by atoms with van der Waals surface area (Å²) in [6, 6.07) is 53.8. The van der Waals surface area contributed by atoms with E-state index in [0.717, 1.165) is 88.1 Å². The van der Waals surface area contributed by atoms with E-state index in [1.54, 1.807) is 0 Å². The van der Waals surface area contributed by atoms with Gasteiger partial charge in [0.1, 0.15) is 22.3 Å². The lowest BCUT2D eigenvalue weighted by molar-refractivity contribution is 0.669. The zero-order valence-corrected chi connectivity index (χ0v) is 27.1. The number of fused-ring (bicyclic) bond motifs is 10. The van der Waals surface area contributed by atoms with Crippen LogP contribution >= 0.6 is 0 Å². The smallest absolute Gasteiger partial charge is 0.167 e. The van der Waals surface area contributed by atoms with Gasteiger partial charge < -0.3 is 13.4 Å². The molecule has 0 aliphatic rings. The van der Waals surface area contributed by atoms with E-state index in [1.165, 1.54) is 0 Å². The van der Waals surface area contributed by atoms with Crippen molar-refractivity contribution in [3.8, 4) is 39.9 Å². The second-order valence-electron chi connectivity index (χ2n) is 12.8. The van der Waals surface area contributed by atoms with Crippen LogP contribution in [0.4, 0.5) is 0 Å². The summed E-state index contributed by atoms with van der Waals surface area (Å²) in [5.74, 6) is 1.68. The standard InChI is InChI=1S/C45H26N4O2/c1-3-12-27(13-4-1)43-46-44(28-22-23-31-30-16-8-10-21-38(30)50-39(31)26-28)48-45(47-43)35-19-11-18-32-33-24-25-37-40(42(33)51-41(32)35)34-17-7-9-20-36(34)49(37)29-14-5-2-6-15-29/h1-26H. The molecule has 0 fully saturated rings. The molecule has 0 atom stereocenters. The first kappa shape index (κ1) is 27.9. The lowest BCUT2D eigenvalue weighted by Gasteiger charge is -2.08. The first-order valence-corrected chi connectivity index (χ1v) is 16.9. The van der Waals surface area contributed by atoms with Gasteiger partial charge in [-0.15, -0.1) is 0 Å². The highest BCUT2D eigenvalue weighted by atomic mass is 16.3. The highest BCUT2D eigenvalue weighted by Crippen LogP contribution is 2.43. The molecule has 4 aromatic heterocycles. The average Bonchev–Trinajstić information content (AvgIpc) is 3.87. The van der Waals surface area contributed by atoms with Gasteiger partial charge in [-0.2, -0.15) is 0 Å². The average molecular weight is 655 g/mol. The Bertz CT molecular complexity index is 3140. The monoisotopic (exact) mass is 654 g/mol. The molecule has 0 bridgehead atoms. The molecular formula is C45H26N4O2. The summed E-state index contributed by atoms with van der Waals surface area (Å²) in [6.07, 6.45) is 0. The van der Waals surface area contributed by atoms with Gasteiger partial charge in [0.15, 0.2) is 17.5 Å². The van der Waals surface area contributed by atoms with E-state index in [2.05, 4.69) is 95.6 Å². The predicted octanol–water partition coefficient (Wildman–Crippen LogP) is 11.8. The van der Waals surface area contributed by atoms with Crippen LogP contribution in [0.5, 0.6) is 0 Å². The van der Waals surface area contributed by atoms with Crippen LogP contribution in [0.3, 0.4) is 0 Å². The van der Waals surface area contributed by atoms with E-state index in [0.29, 0.717) is 17.5 Å². The molecule has 0 saturated heterocycles. The first-order valence-electron chi connectivity index (χ1n) is 16.9. The fourth-order valence-electron chi connectivity index (χ4n) is 7.55. The molecule has 0 N–H and O–H groups in total. The molecule has 0 spiro atoms. The van der Waals surface area contributed by atoms with Crippen molar-refractivity contribution in [1.82, 2.24) is 19.5 Å². The molecular weight excluding hydrogens is 629 g/mol. The molecule has 6 heteroatoms. The van der Waals surface area contributed by atoms with Gasteiger partial charge in [-0.05, 0) is 54.6 Å². The van der Waals surface area contributed by atoms with Gasteiger partial charge >= 0.3 is 0 Å². The lowest BCUT2D eigenvalue weighted by atomic mass is 10.1. The van der Waals surface area contributed by atoms with E-state index in [9.17, 15) is 0 Å². The van der Waals surface area contributed by atoms with Gasteiger partial charge in [0.05, 0.1) is 22.0 Å². The maximum absolute atomic E-state index is 6.96. The summed E-state index contributed by atoms with van der Waals surface area (Å²) in [6.45, 7) is 0. The van der Waals surface area contributed by atoms with Crippen LogP contribution in [-0.4, -0.2) is 19.5 Å². The Morgan fingerprint density at radius 1 is 0.392 bits per heavy atom. The predicted molar refractivity (Wildman–Crippen MR) is 205 cm³/mol. The molecule has 51 heavy (non-hydrogen) atoms. The Morgan fingerprint density at radius 2 is 1.04 bits per heavy atom. The number of benzene rings is 7. The van der Waals surface area contributed by atoms with Crippen molar-refractivity contribution < 1.29 is 8.83 Å². The minimum Gasteiger partial charge on any atom is -0.456 e. The Labute approximate surface area is 290 Å². The third-order valence-electron chi connectivity index (χ3n) is 9.86. The van der Waals surface area contributed by atoms with Crippen LogP contribution in [0, 0.1) is 0 Å². The lowest BCUT2D eigenvalue weighted by Crippen LogP contribution is -2.00. The van der Waals surface area contributed by atoms with E-state index in [-0.39, 0.29) is 0 Å². The third-order valence-corrected chi connectivity index (χ3v) is 9.86. The van der Waals surface area contributed by atoms with E-state index in [4.69, 9.17) is 23.8 Å². The Kier molecular flexibility index (Phi) is 5.86. The topological polar surface area (TPSA) is 69.9 Å². The van der Waals surface area contributed by atoms with Gasteiger partial charge in [-0.1, -0.05) is 103 Å². The number of hydrogen-bond acceptors (Lipinski definition) is 5. The maximum atomic E-state index is 6.96. The molecule has 0 amide bonds. The fourth-order valence-corrected chi connectivity index (χ4v) is 7.55. The van der Waals surface area contributed by atoms with Crippen LogP contribution < -0.4 is 0 Å². The van der Waals surface area contributed by atoms with Gasteiger partial charge in [0.2, 0.25) is 0 Å². The molecule has 11 rings (SSSR count). The van der Waals surface area contributed by atoms with Gasteiger partial charge in [0, 0.05) is 43.7 Å². The second kappa shape index (κ2) is 10.7. The van der Waals surface area contributed by atoms with Crippen molar-refractivity contribution in [2.24, 2.45) is 0 Å². The van der Waals surface area contributed by atoms with Crippen molar-refractivity contribution in [2.45, 2.75) is 0 Å². The van der Waals surface area contributed by atoms with Crippen molar-refractivity contribution in [3.63, 3.8) is 0 Å². The molecule has 0 saturated carbocycles. The zero-order chi connectivity index (χ0) is 33.5. The Hall–Kier alpha value is -7.05. The molecule has 238 valence electrons. The van der Waals surface area contributed by atoms with Crippen molar-refractivity contribution in [3.05, 3.63) is 158 Å². The number of aromatic nitrogens is 4. The van der Waals surface area contributed by atoms with E-state index in [1.807, 2.05) is 66.7 Å². The molecule has 0 aliphatic carbocycles. The Balaban J connectivity index is 1.16. The molecule has 6 nitrogen and oxygen atoms in total. The second-order valence-corrected chi connectivity index (χ2v) is 12.8. The van der Waals surface area contributed by atoms with Crippen molar-refractivity contribution >= 4 is 65.7 Å². The van der Waals surface area contributed by atoms with Crippen LogP contribution in [0.25, 0.3) is 106 Å². The van der Waals surface area contributed by atoms with Gasteiger partial charge in [-0.3, -0.25) is 0 Å². The molecule has 0 radical (unpaired) electrons. The quantitative estimate of drug-likeness (QED) is 0.189. The molecule has 7 aromatic carbocycles. The third kappa shape index (κ3) is 4.20. The van der Waals surface area contributed by atoms with Gasteiger partial charge in [0.25, 0.3) is 0 Å². The van der Waals surface area contributed by atoms with E-state index >= 15 is 0 Å². The van der Waals surface area contributed by atoms with E-state index < -0.39 is 0 Å². The number of nitrogens with zero attached hydrogens (tertiary/aromatic N) is 4. The van der Waals surface area contributed by atoms with Crippen molar-refractivity contribution in [1.29, 1.82) is 0 Å². The maximum Gasteiger partial charge on any atom is 0.167 e. The SMILES string of the molecule is c1ccc(-c2nc(-c3ccc4c(c3)oc3ccccc34)nc(-c3cccc4c3oc3c4ccc4c3c3ccccc3n4-c3ccccc3)n2)cc1. The van der Waals surface area contributed by atoms with Crippen LogP contribution in [0.1, 0.15) is 0 Å². The van der Waals surface area contributed by atoms with Crippen LogP contribution in [0.15, 0.2) is 167 Å². The number of hydrogen-bond donors (Lipinski definition) is 0. The summed E-state index contributed by atoms with van der Waals surface area (Å²) in [7, 11) is 0. The summed E-state index contributed by atoms with van der Waals surface area (Å²) in [5, 5.41) is 6.40. The molecule has 0 aliphatic heterocycles. The minimum atomic E-state index is 0.538. The normalized spacial score (nSPS) is 11.9. The summed E-state index contributed by atoms with van der Waals surface area (Å²) in [5.41, 5.74) is 9.08. The molecule has 4 heterocycles. The highest BCUT2D eigenvalue weighted by Gasteiger charge is 2.22. The fraction of sp³-hybridized carbons (Fsp3) is 0. The molecule has 11 aromatic rings. The molecule has 0 unspecified atom stereocenters. The summed E-state index contributed by atoms with van der Waals surface area (Å²) in [4.78, 5) is 15.2. The summed E-state index contributed by atoms with van der Waals surface area (Å²) < 4.78 is 15.5. The van der Waals surface area contributed by atoms with Crippen LogP contribution in [0.2, 0.25) is 0 Å². The van der Waals surface area contributed by atoms with Crippen LogP contribution in [-0.2, 0) is 0 Å². The van der Waals surface area contributed by atoms with Crippen molar-refractivity contribution in [2.75, 3.05) is 0 Å². The highest BCUT2D eigenvalue weighted by molar-refractivity contribution is 6.24. The largest absolute Gasteiger partial charge is 0.456 e. The number of rotatable bonds is 4. The Morgan fingerprint density at radius 3 is 1.90 bits per heavy atom. The zero-order valence-electron chi connectivity index (χ0n) is 27.1. The minimum absolute atomic E-state index is 0.538. The first-order chi connectivity index (χ1) is 25.3. The van der Waals surface area contributed by atoms with Gasteiger partial charge in [-0.25, -0.2) is 15.0 Å². The number of furan rings is 2. The number of para-hydroxylation sites is 4. The summed E-state index contributed by atoms with van der Waals surface area (Å²) >= 11 is 0.